The number of nitrogens with two attached hydrogens (primary N) is 1. The molecule has 0 aromatic heterocycles. The first-order chi connectivity index (χ1) is 8.39. The molecule has 1 atom stereocenters. The highest BCUT2D eigenvalue weighted by Crippen LogP contribution is 2.36. The molecule has 0 heterocycles. The highest BCUT2D eigenvalue weighted by Gasteiger charge is 2.34. The van der Waals surface area contributed by atoms with E-state index in [4.69, 9.17) is 5.73 Å². The Bertz CT molecular complexity index is 421. The van der Waals surface area contributed by atoms with Crippen molar-refractivity contribution in [2.24, 2.45) is 11.7 Å². The van der Waals surface area contributed by atoms with Gasteiger partial charge in [-0.2, -0.15) is 13.2 Å². The molecule has 0 bridgehead atoms. The Kier molecular flexibility index (Phi) is 3.61. The summed E-state index contributed by atoms with van der Waals surface area (Å²) in [6, 6.07) is 2.62. The van der Waals surface area contributed by atoms with Gasteiger partial charge in [0.15, 0.2) is 0 Å². The van der Waals surface area contributed by atoms with E-state index < -0.39 is 17.6 Å². The maximum absolute atomic E-state index is 13.4. The second kappa shape index (κ2) is 4.88. The lowest BCUT2D eigenvalue weighted by molar-refractivity contribution is -0.140. The molecular weight excluding hydrogens is 246 g/mol. The van der Waals surface area contributed by atoms with Gasteiger partial charge in [0.2, 0.25) is 0 Å². The van der Waals surface area contributed by atoms with Crippen LogP contribution in [0.4, 0.5) is 17.6 Å². The quantitative estimate of drug-likeness (QED) is 0.799. The fourth-order valence-electron chi connectivity index (χ4n) is 2.56. The summed E-state index contributed by atoms with van der Waals surface area (Å²) in [5.74, 6) is -0.991. The zero-order valence-corrected chi connectivity index (χ0v) is 9.80. The first-order valence-electron chi connectivity index (χ1n) is 6.02. The van der Waals surface area contributed by atoms with Crippen molar-refractivity contribution in [1.82, 2.24) is 0 Å². The van der Waals surface area contributed by atoms with Crippen LogP contribution in [0.2, 0.25) is 0 Å². The average molecular weight is 261 g/mol. The maximum atomic E-state index is 13.4. The molecule has 5 heteroatoms. The summed E-state index contributed by atoms with van der Waals surface area (Å²) in [5.41, 5.74) is 5.20. The third kappa shape index (κ3) is 2.66. The van der Waals surface area contributed by atoms with Gasteiger partial charge >= 0.3 is 6.18 Å². The van der Waals surface area contributed by atoms with Crippen LogP contribution < -0.4 is 5.73 Å². The van der Waals surface area contributed by atoms with E-state index in [1.165, 1.54) is 6.07 Å². The summed E-state index contributed by atoms with van der Waals surface area (Å²) in [4.78, 5) is 0. The van der Waals surface area contributed by atoms with Crippen molar-refractivity contribution >= 4 is 0 Å². The molecule has 1 saturated carbocycles. The first kappa shape index (κ1) is 13.3. The summed E-state index contributed by atoms with van der Waals surface area (Å²) in [5, 5.41) is 0. The summed E-state index contributed by atoms with van der Waals surface area (Å²) in [6.45, 7) is 0. The van der Waals surface area contributed by atoms with Crippen molar-refractivity contribution in [3.05, 3.63) is 35.1 Å². The maximum Gasteiger partial charge on any atom is 0.419 e. The van der Waals surface area contributed by atoms with Crippen LogP contribution in [0.5, 0.6) is 0 Å². The molecule has 1 aliphatic rings. The zero-order chi connectivity index (χ0) is 13.3. The van der Waals surface area contributed by atoms with Gasteiger partial charge in [0, 0.05) is 6.04 Å². The van der Waals surface area contributed by atoms with Crippen LogP contribution in [0.3, 0.4) is 0 Å². The fraction of sp³-hybridized carbons (Fsp3) is 0.538. The van der Waals surface area contributed by atoms with E-state index in [1.807, 2.05) is 0 Å². The summed E-state index contributed by atoms with van der Waals surface area (Å²) in [6.07, 6.45) is -0.559. The minimum Gasteiger partial charge on any atom is -0.324 e. The molecule has 0 spiro atoms. The lowest BCUT2D eigenvalue weighted by atomic mass is 9.92. The Morgan fingerprint density at radius 3 is 2.28 bits per heavy atom. The number of alkyl halides is 3. The monoisotopic (exact) mass is 261 g/mol. The van der Waals surface area contributed by atoms with Crippen LogP contribution in [0.1, 0.15) is 42.9 Å². The molecule has 1 unspecified atom stereocenters. The molecule has 0 amide bonds. The standard InChI is InChI=1S/C13H15F4N/c14-11-7-9(5-6-10(11)13(15,16)17)12(18)8-3-1-2-4-8/h5-8,12H,1-4,18H2. The van der Waals surface area contributed by atoms with Gasteiger partial charge < -0.3 is 5.73 Å². The largest absolute Gasteiger partial charge is 0.419 e. The fourth-order valence-corrected chi connectivity index (χ4v) is 2.56. The van der Waals surface area contributed by atoms with Crippen molar-refractivity contribution in [2.75, 3.05) is 0 Å². The van der Waals surface area contributed by atoms with Crippen molar-refractivity contribution in [2.45, 2.75) is 37.9 Å². The molecule has 1 fully saturated rings. The minimum atomic E-state index is -4.65. The Morgan fingerprint density at radius 2 is 1.78 bits per heavy atom. The van der Waals surface area contributed by atoms with Crippen molar-refractivity contribution in [3.63, 3.8) is 0 Å². The molecular formula is C13H15F4N. The van der Waals surface area contributed by atoms with E-state index >= 15 is 0 Å². The number of benzene rings is 1. The van der Waals surface area contributed by atoms with Crippen LogP contribution in [0.15, 0.2) is 18.2 Å². The normalized spacial score (nSPS) is 19.2. The number of hydrogen-bond acceptors (Lipinski definition) is 1. The lowest BCUT2D eigenvalue weighted by Crippen LogP contribution is -2.20. The first-order valence-corrected chi connectivity index (χ1v) is 6.02. The van der Waals surface area contributed by atoms with E-state index in [1.54, 1.807) is 0 Å². The Labute approximate surface area is 103 Å². The lowest BCUT2D eigenvalue weighted by Gasteiger charge is -2.20. The third-order valence-electron chi connectivity index (χ3n) is 3.59. The van der Waals surface area contributed by atoms with E-state index in [0.717, 1.165) is 37.8 Å². The topological polar surface area (TPSA) is 26.0 Å². The van der Waals surface area contributed by atoms with E-state index in [2.05, 4.69) is 0 Å². The van der Waals surface area contributed by atoms with Gasteiger partial charge in [0.25, 0.3) is 0 Å². The summed E-state index contributed by atoms with van der Waals surface area (Å²) >= 11 is 0. The Morgan fingerprint density at radius 1 is 1.17 bits per heavy atom. The van der Waals surface area contributed by atoms with Crippen LogP contribution in [-0.2, 0) is 6.18 Å². The number of hydrogen-bond donors (Lipinski definition) is 1. The predicted octanol–water partition coefficient (Wildman–Crippen LogP) is 4.03. The predicted molar refractivity (Wildman–Crippen MR) is 60.3 cm³/mol. The van der Waals surface area contributed by atoms with Gasteiger partial charge in [-0.05, 0) is 36.5 Å². The van der Waals surface area contributed by atoms with Crippen molar-refractivity contribution in [3.8, 4) is 0 Å². The van der Waals surface area contributed by atoms with Crippen molar-refractivity contribution < 1.29 is 17.6 Å². The number of halogens is 4. The van der Waals surface area contributed by atoms with Crippen LogP contribution in [0.25, 0.3) is 0 Å². The van der Waals surface area contributed by atoms with Gasteiger partial charge in [-0.25, -0.2) is 4.39 Å². The molecule has 0 radical (unpaired) electrons. The molecule has 2 rings (SSSR count). The van der Waals surface area contributed by atoms with Gasteiger partial charge in [-0.3, -0.25) is 0 Å². The molecule has 0 aliphatic heterocycles. The highest BCUT2D eigenvalue weighted by molar-refractivity contribution is 5.28. The molecule has 18 heavy (non-hydrogen) atoms. The Hall–Kier alpha value is -1.10. The SMILES string of the molecule is NC(c1ccc(C(F)(F)F)c(F)c1)C1CCCC1. The molecule has 1 aromatic carbocycles. The molecule has 0 saturated heterocycles. The molecule has 2 N–H and O–H groups in total. The van der Waals surface area contributed by atoms with Gasteiger partial charge in [-0.15, -0.1) is 0 Å². The average Bonchev–Trinajstić information content (AvgIpc) is 2.79. The second-order valence-corrected chi connectivity index (χ2v) is 4.81. The van der Waals surface area contributed by atoms with Gasteiger partial charge in [0.05, 0.1) is 5.56 Å². The molecule has 1 aliphatic carbocycles. The van der Waals surface area contributed by atoms with Gasteiger partial charge in [-0.1, -0.05) is 18.9 Å². The highest BCUT2D eigenvalue weighted by atomic mass is 19.4. The zero-order valence-electron chi connectivity index (χ0n) is 9.80. The second-order valence-electron chi connectivity index (χ2n) is 4.81. The van der Waals surface area contributed by atoms with E-state index in [0.29, 0.717) is 5.56 Å². The molecule has 100 valence electrons. The Balaban J connectivity index is 2.23. The van der Waals surface area contributed by atoms with Crippen LogP contribution >= 0.6 is 0 Å². The van der Waals surface area contributed by atoms with Crippen LogP contribution in [0, 0.1) is 11.7 Å². The smallest absolute Gasteiger partial charge is 0.324 e. The number of rotatable bonds is 2. The van der Waals surface area contributed by atoms with E-state index in [-0.39, 0.29) is 12.0 Å². The molecule has 1 aromatic rings. The minimum absolute atomic E-state index is 0.251. The summed E-state index contributed by atoms with van der Waals surface area (Å²) < 4.78 is 50.7. The summed E-state index contributed by atoms with van der Waals surface area (Å²) in [7, 11) is 0. The van der Waals surface area contributed by atoms with Gasteiger partial charge in [0.1, 0.15) is 5.82 Å². The van der Waals surface area contributed by atoms with Crippen LogP contribution in [-0.4, -0.2) is 0 Å². The van der Waals surface area contributed by atoms with E-state index in [9.17, 15) is 17.6 Å². The molecule has 1 nitrogen and oxygen atoms in total. The third-order valence-corrected chi connectivity index (χ3v) is 3.59. The van der Waals surface area contributed by atoms with Crippen molar-refractivity contribution in [1.29, 1.82) is 0 Å².